The maximum Gasteiger partial charge on any atom is 0.434 e. The Morgan fingerprint density at radius 2 is 1.86 bits per heavy atom. The maximum atomic E-state index is 12.8. The molecule has 0 radical (unpaired) electrons. The summed E-state index contributed by atoms with van der Waals surface area (Å²) in [7, 11) is 0. The molecule has 1 saturated carbocycles. The summed E-state index contributed by atoms with van der Waals surface area (Å²) in [6, 6.07) is 6.58. The molecular formula is C15H13F3N2O. The fourth-order valence-corrected chi connectivity index (χ4v) is 2.23. The monoisotopic (exact) mass is 294 g/mol. The van der Waals surface area contributed by atoms with Crippen LogP contribution in [0.1, 0.15) is 41.9 Å². The van der Waals surface area contributed by atoms with Crippen LogP contribution < -0.4 is 0 Å². The molecule has 1 aliphatic carbocycles. The lowest BCUT2D eigenvalue weighted by Crippen LogP contribution is -2.05. The summed E-state index contributed by atoms with van der Waals surface area (Å²) < 4.78 is 40.1. The number of halogens is 3. The lowest BCUT2D eigenvalue weighted by atomic mass is 10.1. The lowest BCUT2D eigenvalue weighted by Gasteiger charge is -2.06. The van der Waals surface area contributed by atoms with Gasteiger partial charge >= 0.3 is 6.18 Å². The fraction of sp³-hybridized carbons (Fsp3) is 0.333. The minimum atomic E-state index is -4.45. The molecule has 2 aromatic rings. The number of ketones is 1. The third-order valence-corrected chi connectivity index (χ3v) is 3.51. The first kappa shape index (κ1) is 13.9. The van der Waals surface area contributed by atoms with Crippen molar-refractivity contribution >= 4 is 5.78 Å². The molecule has 6 heteroatoms. The first-order valence-electron chi connectivity index (χ1n) is 6.63. The quantitative estimate of drug-likeness (QED) is 0.799. The van der Waals surface area contributed by atoms with Crippen LogP contribution in [0.4, 0.5) is 13.2 Å². The molecule has 1 heterocycles. The van der Waals surface area contributed by atoms with Crippen molar-refractivity contribution < 1.29 is 18.0 Å². The van der Waals surface area contributed by atoms with E-state index in [9.17, 15) is 18.0 Å². The molecule has 0 bridgehead atoms. The Balaban J connectivity index is 2.04. The molecule has 0 unspecified atom stereocenters. The number of Topliss-reactive ketones (excluding diaryl/α,β-unsaturated/α-hetero) is 1. The summed E-state index contributed by atoms with van der Waals surface area (Å²) in [5, 5.41) is 0. The summed E-state index contributed by atoms with van der Waals surface area (Å²) in [5.74, 6) is 0.225. The van der Waals surface area contributed by atoms with Crippen LogP contribution in [0.5, 0.6) is 0 Å². The number of benzene rings is 1. The number of rotatable bonds is 3. The van der Waals surface area contributed by atoms with Gasteiger partial charge < -0.3 is 4.57 Å². The Morgan fingerprint density at radius 3 is 2.33 bits per heavy atom. The number of nitrogens with zero attached hydrogens (tertiary/aromatic N) is 2. The van der Waals surface area contributed by atoms with Gasteiger partial charge in [0.1, 0.15) is 5.82 Å². The third-order valence-electron chi connectivity index (χ3n) is 3.51. The van der Waals surface area contributed by atoms with Gasteiger partial charge in [-0.1, -0.05) is 24.3 Å². The highest BCUT2D eigenvalue weighted by Crippen LogP contribution is 2.40. The molecular weight excluding hydrogens is 281 g/mol. The van der Waals surface area contributed by atoms with Crippen molar-refractivity contribution in [1.82, 2.24) is 9.55 Å². The van der Waals surface area contributed by atoms with Gasteiger partial charge in [0.05, 0.1) is 0 Å². The van der Waals surface area contributed by atoms with E-state index in [1.165, 1.54) is 6.92 Å². The Hall–Kier alpha value is -2.11. The van der Waals surface area contributed by atoms with Gasteiger partial charge in [0.25, 0.3) is 0 Å². The molecule has 3 rings (SSSR count). The highest BCUT2D eigenvalue weighted by molar-refractivity contribution is 5.94. The topological polar surface area (TPSA) is 34.9 Å². The number of aromatic nitrogens is 2. The molecule has 3 nitrogen and oxygen atoms in total. The van der Waals surface area contributed by atoms with Crippen LogP contribution in [0.25, 0.3) is 11.4 Å². The van der Waals surface area contributed by atoms with E-state index in [-0.39, 0.29) is 11.8 Å². The van der Waals surface area contributed by atoms with E-state index in [1.807, 2.05) is 0 Å². The molecule has 0 aliphatic heterocycles. The highest BCUT2D eigenvalue weighted by atomic mass is 19.4. The summed E-state index contributed by atoms with van der Waals surface area (Å²) in [5.41, 5.74) is 0.238. The molecule has 21 heavy (non-hydrogen) atoms. The first-order valence-corrected chi connectivity index (χ1v) is 6.63. The Kier molecular flexibility index (Phi) is 3.11. The van der Waals surface area contributed by atoms with Gasteiger partial charge in [-0.3, -0.25) is 4.79 Å². The Labute approximate surface area is 119 Å². The predicted molar refractivity (Wildman–Crippen MR) is 70.9 cm³/mol. The minimum Gasteiger partial charge on any atom is -0.327 e. The van der Waals surface area contributed by atoms with Crippen LogP contribution >= 0.6 is 0 Å². The van der Waals surface area contributed by atoms with Gasteiger partial charge in [-0.15, -0.1) is 0 Å². The average Bonchev–Trinajstić information content (AvgIpc) is 3.16. The number of alkyl halides is 3. The molecule has 1 aliphatic rings. The Morgan fingerprint density at radius 1 is 1.24 bits per heavy atom. The molecule has 110 valence electrons. The van der Waals surface area contributed by atoms with Gasteiger partial charge in [0, 0.05) is 23.4 Å². The molecule has 0 N–H and O–H groups in total. The zero-order valence-electron chi connectivity index (χ0n) is 11.3. The van der Waals surface area contributed by atoms with Crippen LogP contribution in [0, 0.1) is 0 Å². The molecule has 0 spiro atoms. The fourth-order valence-electron chi connectivity index (χ4n) is 2.23. The van der Waals surface area contributed by atoms with Crippen LogP contribution in [0.2, 0.25) is 0 Å². The second kappa shape index (κ2) is 4.72. The molecule has 0 atom stereocenters. The van der Waals surface area contributed by atoms with E-state index < -0.39 is 11.9 Å². The summed E-state index contributed by atoms with van der Waals surface area (Å²) in [6.45, 7) is 1.45. The van der Waals surface area contributed by atoms with E-state index in [1.54, 1.807) is 28.8 Å². The largest absolute Gasteiger partial charge is 0.434 e. The van der Waals surface area contributed by atoms with Crippen LogP contribution in [-0.4, -0.2) is 15.3 Å². The van der Waals surface area contributed by atoms with E-state index >= 15 is 0 Å². The zero-order valence-corrected chi connectivity index (χ0v) is 11.3. The smallest absolute Gasteiger partial charge is 0.327 e. The normalized spacial score (nSPS) is 15.2. The number of hydrogen-bond donors (Lipinski definition) is 0. The number of carbonyl (C=O) groups is 1. The second-order valence-corrected chi connectivity index (χ2v) is 5.22. The molecule has 1 fully saturated rings. The molecule has 0 amide bonds. The van der Waals surface area contributed by atoms with Crippen molar-refractivity contribution in [3.05, 3.63) is 41.7 Å². The SMILES string of the molecule is CC(=O)c1ccc(-c2nc(C(F)(F)F)cn2C2CC2)cc1. The van der Waals surface area contributed by atoms with Crippen molar-refractivity contribution in [3.63, 3.8) is 0 Å². The molecule has 0 saturated heterocycles. The maximum absolute atomic E-state index is 12.8. The number of imidazole rings is 1. The highest BCUT2D eigenvalue weighted by Gasteiger charge is 2.37. The van der Waals surface area contributed by atoms with Gasteiger partial charge in [-0.2, -0.15) is 13.2 Å². The second-order valence-electron chi connectivity index (χ2n) is 5.22. The van der Waals surface area contributed by atoms with Crippen LogP contribution in [0.3, 0.4) is 0 Å². The summed E-state index contributed by atoms with van der Waals surface area (Å²) >= 11 is 0. The van der Waals surface area contributed by atoms with Crippen LogP contribution in [-0.2, 0) is 6.18 Å². The average molecular weight is 294 g/mol. The van der Waals surface area contributed by atoms with E-state index in [2.05, 4.69) is 4.98 Å². The predicted octanol–water partition coefficient (Wildman–Crippen LogP) is 4.11. The van der Waals surface area contributed by atoms with Crippen molar-refractivity contribution in [2.45, 2.75) is 32.0 Å². The standard InChI is InChI=1S/C15H13F3N2O/c1-9(21)10-2-4-11(5-3-10)14-19-13(15(16,17)18)8-20(14)12-6-7-12/h2-5,8,12H,6-7H2,1H3. The van der Waals surface area contributed by atoms with Crippen molar-refractivity contribution in [2.75, 3.05) is 0 Å². The number of carbonyl (C=O) groups excluding carboxylic acids is 1. The van der Waals surface area contributed by atoms with Crippen LogP contribution in [0.15, 0.2) is 30.5 Å². The van der Waals surface area contributed by atoms with E-state index in [0.29, 0.717) is 17.0 Å². The third kappa shape index (κ3) is 2.70. The van der Waals surface area contributed by atoms with Gasteiger partial charge in [0.2, 0.25) is 0 Å². The van der Waals surface area contributed by atoms with Crippen molar-refractivity contribution in [2.24, 2.45) is 0 Å². The van der Waals surface area contributed by atoms with Crippen molar-refractivity contribution in [1.29, 1.82) is 0 Å². The van der Waals surface area contributed by atoms with Gasteiger partial charge in [-0.25, -0.2) is 4.98 Å². The van der Waals surface area contributed by atoms with E-state index in [4.69, 9.17) is 0 Å². The molecule has 1 aromatic carbocycles. The van der Waals surface area contributed by atoms with Gasteiger partial charge in [0.15, 0.2) is 11.5 Å². The summed E-state index contributed by atoms with van der Waals surface area (Å²) in [6.07, 6.45) is -1.64. The van der Waals surface area contributed by atoms with Crippen molar-refractivity contribution in [3.8, 4) is 11.4 Å². The van der Waals surface area contributed by atoms with Gasteiger partial charge in [-0.05, 0) is 19.8 Å². The first-order chi connectivity index (χ1) is 9.86. The zero-order chi connectivity index (χ0) is 15.2. The minimum absolute atomic E-state index is 0.0805. The molecule has 1 aromatic heterocycles. The van der Waals surface area contributed by atoms with E-state index in [0.717, 1.165) is 19.0 Å². The summed E-state index contributed by atoms with van der Waals surface area (Å²) in [4.78, 5) is 15.0. The Bertz CT molecular complexity index is 682. The number of hydrogen-bond acceptors (Lipinski definition) is 2. The lowest BCUT2D eigenvalue weighted by molar-refractivity contribution is -0.140.